The summed E-state index contributed by atoms with van der Waals surface area (Å²) in [6.45, 7) is 13.4. The number of hydrogen-bond donors (Lipinski definition) is 1. The minimum atomic E-state index is 0.255. The first-order chi connectivity index (χ1) is 18.6. The van der Waals surface area contributed by atoms with Crippen molar-refractivity contribution in [3.05, 3.63) is 17.7 Å². The zero-order chi connectivity index (χ0) is 26.1. The highest BCUT2D eigenvalue weighted by Gasteiger charge is 2.28. The molecule has 3 fully saturated rings. The van der Waals surface area contributed by atoms with Crippen LogP contribution in [0.25, 0.3) is 22.6 Å². The Labute approximate surface area is 224 Å². The molecule has 2 N–H and O–H groups in total. The minimum Gasteiger partial charge on any atom is -0.378 e. The van der Waals surface area contributed by atoms with Crippen molar-refractivity contribution in [1.82, 2.24) is 39.3 Å². The van der Waals surface area contributed by atoms with Gasteiger partial charge in [0.1, 0.15) is 5.82 Å². The molecule has 204 valence electrons. The zero-order valence-corrected chi connectivity index (χ0v) is 22.8. The Hall–Kier alpha value is -2.89. The van der Waals surface area contributed by atoms with Gasteiger partial charge in [0.2, 0.25) is 5.95 Å². The molecule has 0 atom stereocenters. The standard InChI is InChI=1S/C27H40N10O/c1-3-37-22(18-34-11-7-20(8-12-34)35-9-5-4-6-10-35)31-23-25(36-13-15-38-16-14-36)32-24(33-26(23)37)21-17-29-27(28)30-19(21)2/h17,20H,3-16,18H2,1-2H3,(H2,28,29,30). The monoisotopic (exact) mass is 520 g/mol. The van der Waals surface area contributed by atoms with Gasteiger partial charge >= 0.3 is 0 Å². The van der Waals surface area contributed by atoms with Crippen molar-refractivity contribution in [2.45, 2.75) is 65.1 Å². The molecule has 3 aromatic heterocycles. The maximum Gasteiger partial charge on any atom is 0.220 e. The summed E-state index contributed by atoms with van der Waals surface area (Å²) in [5.41, 5.74) is 9.12. The largest absolute Gasteiger partial charge is 0.378 e. The van der Waals surface area contributed by atoms with Crippen LogP contribution in [0, 0.1) is 6.92 Å². The summed E-state index contributed by atoms with van der Waals surface area (Å²) in [7, 11) is 0. The predicted octanol–water partition coefficient (Wildman–Crippen LogP) is 2.48. The third-order valence-electron chi connectivity index (χ3n) is 8.35. The number of rotatable bonds is 6. The SMILES string of the molecule is CCn1c(CN2CCC(N3CCCCC3)CC2)nc2c(N3CCOCC3)nc(-c3cnc(N)nc3C)nc21. The zero-order valence-electron chi connectivity index (χ0n) is 22.8. The van der Waals surface area contributed by atoms with Crippen LogP contribution in [0.2, 0.25) is 0 Å². The average Bonchev–Trinajstić information content (AvgIpc) is 3.30. The summed E-state index contributed by atoms with van der Waals surface area (Å²) in [4.78, 5) is 31.4. The van der Waals surface area contributed by atoms with Gasteiger partial charge in [-0.25, -0.2) is 24.9 Å². The molecule has 0 spiro atoms. The number of nitrogens with two attached hydrogens (primary N) is 1. The number of nitrogen functional groups attached to an aromatic ring is 1. The van der Waals surface area contributed by atoms with Gasteiger partial charge in [0.25, 0.3) is 0 Å². The summed E-state index contributed by atoms with van der Waals surface area (Å²) in [6.07, 6.45) is 8.32. The number of hydrogen-bond acceptors (Lipinski definition) is 10. The highest BCUT2D eigenvalue weighted by molar-refractivity contribution is 5.86. The van der Waals surface area contributed by atoms with E-state index in [1.165, 1.54) is 45.2 Å². The van der Waals surface area contributed by atoms with Crippen molar-refractivity contribution >= 4 is 22.9 Å². The van der Waals surface area contributed by atoms with E-state index in [9.17, 15) is 0 Å². The van der Waals surface area contributed by atoms with E-state index in [1.54, 1.807) is 6.20 Å². The number of aromatic nitrogens is 6. The van der Waals surface area contributed by atoms with E-state index in [1.807, 2.05) is 6.92 Å². The number of morpholine rings is 1. The fourth-order valence-electron chi connectivity index (χ4n) is 6.23. The molecule has 0 aliphatic carbocycles. The van der Waals surface area contributed by atoms with Crippen molar-refractivity contribution in [2.24, 2.45) is 0 Å². The molecule has 0 saturated carbocycles. The normalized spacial score (nSPS) is 20.4. The Morgan fingerprint density at radius 2 is 1.71 bits per heavy atom. The topological polar surface area (TPSA) is 114 Å². The lowest BCUT2D eigenvalue weighted by atomic mass is 10.00. The van der Waals surface area contributed by atoms with Gasteiger partial charge in [-0.05, 0) is 52.6 Å². The molecule has 0 aromatic carbocycles. The molecule has 3 saturated heterocycles. The van der Waals surface area contributed by atoms with Crippen LogP contribution in [-0.2, 0) is 17.8 Å². The Balaban J connectivity index is 1.32. The summed E-state index contributed by atoms with van der Waals surface area (Å²) in [5, 5.41) is 0. The summed E-state index contributed by atoms with van der Waals surface area (Å²) >= 11 is 0. The highest BCUT2D eigenvalue weighted by Crippen LogP contribution is 2.30. The van der Waals surface area contributed by atoms with Gasteiger partial charge in [-0.3, -0.25) is 4.90 Å². The van der Waals surface area contributed by atoms with Gasteiger partial charge < -0.3 is 24.8 Å². The van der Waals surface area contributed by atoms with E-state index in [-0.39, 0.29) is 5.95 Å². The molecule has 0 radical (unpaired) electrons. The minimum absolute atomic E-state index is 0.255. The molecule has 3 aromatic rings. The van der Waals surface area contributed by atoms with Crippen LogP contribution in [0.5, 0.6) is 0 Å². The number of fused-ring (bicyclic) bond motifs is 1. The van der Waals surface area contributed by atoms with Crippen LogP contribution in [-0.4, -0.2) is 97.8 Å². The lowest BCUT2D eigenvalue weighted by Crippen LogP contribution is -2.46. The molecular formula is C27H40N10O. The van der Waals surface area contributed by atoms with Gasteiger partial charge in [0.05, 0.1) is 31.0 Å². The predicted molar refractivity (Wildman–Crippen MR) is 148 cm³/mol. The van der Waals surface area contributed by atoms with Gasteiger partial charge in [-0.15, -0.1) is 0 Å². The summed E-state index contributed by atoms with van der Waals surface area (Å²) in [5.74, 6) is 2.79. The molecular weight excluding hydrogens is 480 g/mol. The molecule has 38 heavy (non-hydrogen) atoms. The van der Waals surface area contributed by atoms with Crippen LogP contribution in [0.1, 0.15) is 50.5 Å². The van der Waals surface area contributed by atoms with Crippen LogP contribution >= 0.6 is 0 Å². The fourth-order valence-corrected chi connectivity index (χ4v) is 6.23. The first-order valence-electron chi connectivity index (χ1n) is 14.3. The van der Waals surface area contributed by atoms with Crippen LogP contribution < -0.4 is 10.6 Å². The van der Waals surface area contributed by atoms with Crippen molar-refractivity contribution in [2.75, 3.05) is 63.1 Å². The van der Waals surface area contributed by atoms with E-state index in [0.717, 1.165) is 79.4 Å². The molecule has 11 heteroatoms. The number of ether oxygens (including phenoxy) is 1. The number of likely N-dealkylation sites (tertiary alicyclic amines) is 2. The summed E-state index contributed by atoms with van der Waals surface area (Å²) in [6, 6.07) is 0.739. The molecule has 0 unspecified atom stereocenters. The van der Waals surface area contributed by atoms with E-state index in [4.69, 9.17) is 25.4 Å². The van der Waals surface area contributed by atoms with Gasteiger partial charge in [-0.2, -0.15) is 0 Å². The van der Waals surface area contributed by atoms with E-state index in [0.29, 0.717) is 19.0 Å². The number of imidazole rings is 1. The molecule has 0 bridgehead atoms. The van der Waals surface area contributed by atoms with Gasteiger partial charge in [0.15, 0.2) is 22.8 Å². The van der Waals surface area contributed by atoms with E-state index >= 15 is 0 Å². The lowest BCUT2D eigenvalue weighted by molar-refractivity contribution is 0.0881. The van der Waals surface area contributed by atoms with Crippen molar-refractivity contribution in [3.63, 3.8) is 0 Å². The Bertz CT molecular complexity index is 1260. The quantitative estimate of drug-likeness (QED) is 0.520. The number of aryl methyl sites for hydroxylation is 2. The molecule has 3 aliphatic heterocycles. The Morgan fingerprint density at radius 1 is 0.947 bits per heavy atom. The maximum atomic E-state index is 5.83. The molecule has 3 aliphatic rings. The van der Waals surface area contributed by atoms with Gasteiger partial charge in [-0.1, -0.05) is 6.42 Å². The fraction of sp³-hybridized carbons (Fsp3) is 0.667. The van der Waals surface area contributed by atoms with Crippen molar-refractivity contribution < 1.29 is 4.74 Å². The first-order valence-corrected chi connectivity index (χ1v) is 14.3. The van der Waals surface area contributed by atoms with Crippen LogP contribution in [0.4, 0.5) is 11.8 Å². The second-order valence-corrected chi connectivity index (χ2v) is 10.7. The first kappa shape index (κ1) is 25.4. The molecule has 11 nitrogen and oxygen atoms in total. The third kappa shape index (κ3) is 5.06. The summed E-state index contributed by atoms with van der Waals surface area (Å²) < 4.78 is 7.89. The smallest absolute Gasteiger partial charge is 0.220 e. The van der Waals surface area contributed by atoms with E-state index in [2.05, 4.69) is 36.2 Å². The number of nitrogens with zero attached hydrogens (tertiary/aromatic N) is 9. The van der Waals surface area contributed by atoms with Crippen LogP contribution in [0.15, 0.2) is 6.20 Å². The van der Waals surface area contributed by atoms with Crippen molar-refractivity contribution in [1.29, 1.82) is 0 Å². The van der Waals surface area contributed by atoms with Gasteiger partial charge in [0, 0.05) is 45.0 Å². The maximum absolute atomic E-state index is 5.83. The molecule has 0 amide bonds. The Morgan fingerprint density at radius 3 is 2.42 bits per heavy atom. The second kappa shape index (κ2) is 11.1. The lowest BCUT2D eigenvalue weighted by Gasteiger charge is -2.40. The molecule has 6 heterocycles. The second-order valence-electron chi connectivity index (χ2n) is 10.7. The highest BCUT2D eigenvalue weighted by atomic mass is 16.5. The number of piperidine rings is 2. The average molecular weight is 521 g/mol. The van der Waals surface area contributed by atoms with Crippen molar-refractivity contribution in [3.8, 4) is 11.4 Å². The third-order valence-corrected chi connectivity index (χ3v) is 8.35. The van der Waals surface area contributed by atoms with E-state index < -0.39 is 0 Å². The Kier molecular flexibility index (Phi) is 7.40. The van der Waals surface area contributed by atoms with Crippen LogP contribution in [0.3, 0.4) is 0 Å². The molecule has 6 rings (SSSR count). The number of anilines is 2.